The van der Waals surface area contributed by atoms with Gasteiger partial charge in [0.05, 0.1) is 0 Å². The first-order valence-electron chi connectivity index (χ1n) is 5.43. The third kappa shape index (κ3) is 1.33. The molecule has 0 aliphatic carbocycles. The van der Waals surface area contributed by atoms with Crippen molar-refractivity contribution in [2.75, 3.05) is 0 Å². The van der Waals surface area contributed by atoms with Gasteiger partial charge in [0.2, 0.25) is 0 Å². The highest BCUT2D eigenvalue weighted by atomic mass is 79.9. The van der Waals surface area contributed by atoms with Crippen molar-refractivity contribution >= 4 is 15.9 Å². The van der Waals surface area contributed by atoms with E-state index in [1.165, 1.54) is 18.2 Å². The molecule has 1 aromatic rings. The van der Waals surface area contributed by atoms with E-state index in [9.17, 15) is 0 Å². The fourth-order valence-electron chi connectivity index (χ4n) is 0.524. The Morgan fingerprint density at radius 3 is 2.89 bits per heavy atom. The molecule has 0 heterocycles. The van der Waals surface area contributed by atoms with Gasteiger partial charge in [0.1, 0.15) is 0 Å². The quantitative estimate of drug-likeness (QED) is 0.591. The third-order valence-corrected chi connectivity index (χ3v) is 1.67. The van der Waals surface area contributed by atoms with E-state index in [0.29, 0.717) is 4.47 Å². The van der Waals surface area contributed by atoms with Crippen LogP contribution in [0.15, 0.2) is 22.7 Å². The number of halogens is 1. The third-order valence-electron chi connectivity index (χ3n) is 1.01. The molecule has 0 bridgehead atoms. The highest BCUT2D eigenvalue weighted by Gasteiger charge is 1.93. The van der Waals surface area contributed by atoms with E-state index in [0.717, 1.165) is 0 Å². The summed E-state index contributed by atoms with van der Waals surface area (Å²) >= 11 is 3.07. The number of hydrogen-bond donors (Lipinski definition) is 0. The fourth-order valence-corrected chi connectivity index (χ4v) is 0.890. The van der Waals surface area contributed by atoms with Crippen LogP contribution in [0.5, 0.6) is 0 Å². The minimum absolute atomic E-state index is 0.128. The molecule has 0 N–H and O–H groups in total. The second-order valence-corrected chi connectivity index (χ2v) is 2.52. The van der Waals surface area contributed by atoms with Gasteiger partial charge < -0.3 is 0 Å². The summed E-state index contributed by atoms with van der Waals surface area (Å²) in [6.07, 6.45) is 0. The van der Waals surface area contributed by atoms with Gasteiger partial charge >= 0.3 is 0 Å². The van der Waals surface area contributed by atoms with Crippen LogP contribution >= 0.6 is 15.9 Å². The average molecular weight is 191 g/mol. The van der Waals surface area contributed by atoms with Gasteiger partial charge in [-0.1, -0.05) is 28.1 Å². The largest absolute Gasteiger partial charge is 0.0609 e. The molecule has 1 aromatic carbocycles. The molecule has 0 aromatic heterocycles. The van der Waals surface area contributed by atoms with Gasteiger partial charge in [-0.25, -0.2) is 0 Å². The number of aryl methyl sites for hydroxylation is 1. The molecule has 0 atom stereocenters. The predicted molar refractivity (Wildman–Crippen MR) is 43.6 cm³/mol. The summed E-state index contributed by atoms with van der Waals surface area (Å²) in [6, 6.07) is 4.36. The first kappa shape index (κ1) is 2.39. The van der Waals surface area contributed by atoms with Crippen LogP contribution in [-0.4, -0.2) is 0 Å². The number of hydrogen-bond acceptors (Lipinski definition) is 0. The Balaban J connectivity index is 3.48. The molecular weight excluding hydrogens is 176 g/mol. The lowest BCUT2D eigenvalue weighted by Crippen LogP contribution is -1.79. The van der Waals surface area contributed by atoms with Crippen molar-refractivity contribution in [2.24, 2.45) is 0 Å². The van der Waals surface area contributed by atoms with Crippen LogP contribution in [0.25, 0.3) is 0 Å². The highest BCUT2D eigenvalue weighted by Crippen LogP contribution is 2.17. The van der Waals surface area contributed by atoms with Gasteiger partial charge in [-0.15, -0.1) is 0 Å². The van der Waals surface area contributed by atoms with Crippen LogP contribution in [0.4, 0.5) is 0 Å². The van der Waals surface area contributed by atoms with Crippen molar-refractivity contribution in [3.63, 3.8) is 0 Å². The molecule has 0 aliphatic heterocycles. The number of benzene rings is 1. The van der Waals surface area contributed by atoms with Crippen LogP contribution in [0.3, 0.4) is 0 Å². The lowest BCUT2D eigenvalue weighted by atomic mass is 10.1. The molecular formula is C8H9Br. The maximum Gasteiger partial charge on any atom is 0.0280 e. The summed E-state index contributed by atoms with van der Waals surface area (Å²) < 4.78 is 43.9. The standard InChI is InChI=1S/C8H9Br/c1-6-4-3-5-8(9)7(6)2/h3-5H,1-2H3/i1D3,2D3. The summed E-state index contributed by atoms with van der Waals surface area (Å²) in [5, 5.41) is 0. The van der Waals surface area contributed by atoms with E-state index in [-0.39, 0.29) is 11.1 Å². The second-order valence-electron chi connectivity index (χ2n) is 1.66. The van der Waals surface area contributed by atoms with Crippen molar-refractivity contribution in [1.82, 2.24) is 0 Å². The van der Waals surface area contributed by atoms with Crippen molar-refractivity contribution < 1.29 is 8.22 Å². The second kappa shape index (κ2) is 2.53. The molecule has 9 heavy (non-hydrogen) atoms. The van der Waals surface area contributed by atoms with Crippen molar-refractivity contribution in [1.29, 1.82) is 0 Å². The summed E-state index contributed by atoms with van der Waals surface area (Å²) in [5.74, 6) is 0. The highest BCUT2D eigenvalue weighted by molar-refractivity contribution is 9.10. The van der Waals surface area contributed by atoms with Crippen LogP contribution in [0, 0.1) is 13.7 Å². The Labute approximate surface area is 72.5 Å². The van der Waals surface area contributed by atoms with E-state index in [1.54, 1.807) is 0 Å². The molecule has 48 valence electrons. The smallest absolute Gasteiger partial charge is 0.0280 e. The summed E-state index contributed by atoms with van der Waals surface area (Å²) in [7, 11) is 0. The Morgan fingerprint density at radius 2 is 2.33 bits per heavy atom. The fraction of sp³-hybridized carbons (Fsp3) is 0.250. The minimum atomic E-state index is -2.43. The monoisotopic (exact) mass is 190 g/mol. The van der Waals surface area contributed by atoms with Gasteiger partial charge in [-0.2, -0.15) is 0 Å². The first-order chi connectivity index (χ1) is 6.64. The van der Waals surface area contributed by atoms with Crippen LogP contribution in [0.1, 0.15) is 19.4 Å². The molecule has 0 saturated heterocycles. The molecule has 0 nitrogen and oxygen atoms in total. The van der Waals surface area contributed by atoms with E-state index >= 15 is 0 Å². The predicted octanol–water partition coefficient (Wildman–Crippen LogP) is 3.07. The van der Waals surface area contributed by atoms with E-state index in [4.69, 9.17) is 8.22 Å². The Hall–Kier alpha value is -0.300. The molecule has 0 fully saturated rings. The number of rotatable bonds is 0. The molecule has 1 heteroatoms. The van der Waals surface area contributed by atoms with E-state index < -0.39 is 13.7 Å². The molecule has 0 unspecified atom stereocenters. The normalized spacial score (nSPS) is 22.3. The molecule has 0 amide bonds. The molecule has 0 aliphatic rings. The lowest BCUT2D eigenvalue weighted by molar-refractivity contribution is 1.32. The van der Waals surface area contributed by atoms with Gasteiger partial charge in [0, 0.05) is 12.7 Å². The maximum atomic E-state index is 7.29. The van der Waals surface area contributed by atoms with E-state index in [2.05, 4.69) is 15.9 Å². The van der Waals surface area contributed by atoms with Gasteiger partial charge in [-0.05, 0) is 30.9 Å². The molecule has 1 rings (SSSR count). The van der Waals surface area contributed by atoms with Crippen molar-refractivity contribution in [3.05, 3.63) is 33.8 Å². The van der Waals surface area contributed by atoms with Gasteiger partial charge in [0.25, 0.3) is 0 Å². The molecule has 0 spiro atoms. The zero-order chi connectivity index (χ0) is 11.9. The van der Waals surface area contributed by atoms with Gasteiger partial charge in [0.15, 0.2) is 0 Å². The van der Waals surface area contributed by atoms with Crippen LogP contribution < -0.4 is 0 Å². The van der Waals surface area contributed by atoms with E-state index in [1.807, 2.05) is 0 Å². The summed E-state index contributed by atoms with van der Waals surface area (Å²) in [4.78, 5) is 0. The topological polar surface area (TPSA) is 0 Å². The molecule has 0 radical (unpaired) electrons. The summed E-state index contributed by atoms with van der Waals surface area (Å²) in [5.41, 5.74) is -0.262. The Morgan fingerprint density at radius 1 is 1.44 bits per heavy atom. The summed E-state index contributed by atoms with van der Waals surface area (Å²) in [6.45, 7) is -4.84. The SMILES string of the molecule is [2H]C([2H])([2H])c1cccc(Br)c1C([2H])([2H])[2H]. The lowest BCUT2D eigenvalue weighted by Gasteiger charge is -1.99. The minimum Gasteiger partial charge on any atom is -0.0609 e. The average Bonchev–Trinajstić information content (AvgIpc) is 1.99. The maximum absolute atomic E-state index is 7.29. The Bertz CT molecular complexity index is 364. The van der Waals surface area contributed by atoms with Crippen molar-refractivity contribution in [2.45, 2.75) is 13.7 Å². The molecule has 0 saturated carbocycles. The van der Waals surface area contributed by atoms with Gasteiger partial charge in [-0.3, -0.25) is 0 Å². The van der Waals surface area contributed by atoms with Crippen LogP contribution in [-0.2, 0) is 0 Å². The zero-order valence-electron chi connectivity index (χ0n) is 10.6. The first-order valence-corrected chi connectivity index (χ1v) is 3.23. The zero-order valence-corrected chi connectivity index (χ0v) is 6.20. The van der Waals surface area contributed by atoms with Crippen LogP contribution in [0.2, 0.25) is 0 Å². The Kier molecular flexibility index (Phi) is 0.670. The van der Waals surface area contributed by atoms with Crippen molar-refractivity contribution in [3.8, 4) is 0 Å².